The van der Waals surface area contributed by atoms with Crippen molar-refractivity contribution < 1.29 is 23.8 Å². The number of amidine groups is 1. The third-order valence-corrected chi connectivity index (χ3v) is 6.11. The number of carbonyl (C=O) groups is 2. The van der Waals surface area contributed by atoms with E-state index >= 15 is 0 Å². The lowest BCUT2D eigenvalue weighted by atomic mass is 10.2. The fourth-order valence-electron chi connectivity index (χ4n) is 3.29. The fraction of sp³-hybridized carbons (Fsp3) is 0.348. The quantitative estimate of drug-likeness (QED) is 0.674. The molecule has 1 fully saturated rings. The number of benzene rings is 2. The molecule has 1 atom stereocenters. The first-order valence-electron chi connectivity index (χ1n) is 10.6. The third kappa shape index (κ3) is 4.99. The number of ether oxygens (including phenoxy) is 3. The van der Waals surface area contributed by atoms with Gasteiger partial charge in [0.2, 0.25) is 18.6 Å². The van der Waals surface area contributed by atoms with E-state index in [0.717, 1.165) is 12.2 Å². The van der Waals surface area contributed by atoms with Crippen LogP contribution in [0, 0.1) is 0 Å². The molecule has 2 aliphatic rings. The SMILES string of the molecule is CCCOc1ccc(NC(=O)C2CC(=O)N(CC)C(=Nc3ccc4c(c3)OCO4)S2)cc1. The van der Waals surface area contributed by atoms with E-state index in [1.165, 1.54) is 11.8 Å². The Kier molecular flexibility index (Phi) is 6.84. The van der Waals surface area contributed by atoms with Crippen LogP contribution in [0.15, 0.2) is 47.5 Å². The van der Waals surface area contributed by atoms with Gasteiger partial charge in [0.25, 0.3) is 0 Å². The fourth-order valence-corrected chi connectivity index (χ4v) is 4.46. The summed E-state index contributed by atoms with van der Waals surface area (Å²) >= 11 is 1.28. The number of amides is 2. The maximum atomic E-state index is 12.9. The van der Waals surface area contributed by atoms with Crippen LogP contribution < -0.4 is 19.5 Å². The Labute approximate surface area is 190 Å². The Balaban J connectivity index is 1.47. The normalized spacial score (nSPS) is 18.7. The van der Waals surface area contributed by atoms with Gasteiger partial charge in [0.05, 0.1) is 12.3 Å². The Morgan fingerprint density at radius 1 is 1.19 bits per heavy atom. The molecule has 1 N–H and O–H groups in total. The van der Waals surface area contributed by atoms with E-state index in [1.807, 2.05) is 26.0 Å². The molecule has 168 valence electrons. The highest BCUT2D eigenvalue weighted by Crippen LogP contribution is 2.37. The van der Waals surface area contributed by atoms with Crippen molar-refractivity contribution >= 4 is 40.1 Å². The van der Waals surface area contributed by atoms with E-state index in [-0.39, 0.29) is 25.0 Å². The average molecular weight is 456 g/mol. The van der Waals surface area contributed by atoms with E-state index in [0.29, 0.717) is 41.2 Å². The number of nitrogens with one attached hydrogen (secondary N) is 1. The van der Waals surface area contributed by atoms with Crippen LogP contribution in [-0.2, 0) is 9.59 Å². The number of anilines is 1. The summed E-state index contributed by atoms with van der Waals surface area (Å²) in [6, 6.07) is 12.6. The van der Waals surface area contributed by atoms with Crippen LogP contribution >= 0.6 is 11.8 Å². The van der Waals surface area contributed by atoms with Crippen LogP contribution in [0.2, 0.25) is 0 Å². The van der Waals surface area contributed by atoms with Gasteiger partial charge in [0.1, 0.15) is 11.0 Å². The average Bonchev–Trinajstić information content (AvgIpc) is 3.26. The first-order chi connectivity index (χ1) is 15.6. The Morgan fingerprint density at radius 2 is 1.97 bits per heavy atom. The van der Waals surface area contributed by atoms with Crippen molar-refractivity contribution in [3.63, 3.8) is 0 Å². The molecule has 1 unspecified atom stereocenters. The molecule has 0 saturated carbocycles. The summed E-state index contributed by atoms with van der Waals surface area (Å²) in [7, 11) is 0. The predicted molar refractivity (Wildman–Crippen MR) is 124 cm³/mol. The highest BCUT2D eigenvalue weighted by Gasteiger charge is 2.35. The van der Waals surface area contributed by atoms with Gasteiger partial charge >= 0.3 is 0 Å². The molecule has 0 bridgehead atoms. The minimum Gasteiger partial charge on any atom is -0.494 e. The summed E-state index contributed by atoms with van der Waals surface area (Å²) in [4.78, 5) is 31.8. The molecule has 2 aromatic carbocycles. The highest BCUT2D eigenvalue weighted by atomic mass is 32.2. The summed E-state index contributed by atoms with van der Waals surface area (Å²) < 4.78 is 16.3. The largest absolute Gasteiger partial charge is 0.494 e. The first kappa shape index (κ1) is 22.0. The van der Waals surface area contributed by atoms with Crippen molar-refractivity contribution in [2.75, 3.05) is 25.3 Å². The maximum absolute atomic E-state index is 12.9. The third-order valence-electron chi connectivity index (χ3n) is 4.92. The van der Waals surface area contributed by atoms with Crippen LogP contribution in [0.5, 0.6) is 17.2 Å². The zero-order valence-corrected chi connectivity index (χ0v) is 18.8. The lowest BCUT2D eigenvalue weighted by molar-refractivity contribution is -0.129. The molecule has 9 heteroatoms. The second-order valence-electron chi connectivity index (χ2n) is 7.24. The minimum absolute atomic E-state index is 0.113. The molecular weight excluding hydrogens is 430 g/mol. The Hall–Kier alpha value is -3.20. The smallest absolute Gasteiger partial charge is 0.238 e. The Bertz CT molecular complexity index is 1020. The summed E-state index contributed by atoms with van der Waals surface area (Å²) in [5.41, 5.74) is 1.28. The second kappa shape index (κ2) is 9.95. The van der Waals surface area contributed by atoms with Gasteiger partial charge in [-0.1, -0.05) is 18.7 Å². The minimum atomic E-state index is -0.575. The molecule has 4 rings (SSSR count). The zero-order chi connectivity index (χ0) is 22.5. The number of hydrogen-bond acceptors (Lipinski definition) is 7. The molecular formula is C23H25N3O5S. The molecule has 2 amide bonds. The van der Waals surface area contributed by atoms with Crippen molar-refractivity contribution in [1.29, 1.82) is 0 Å². The maximum Gasteiger partial charge on any atom is 0.238 e. The highest BCUT2D eigenvalue weighted by molar-refractivity contribution is 8.15. The van der Waals surface area contributed by atoms with Gasteiger partial charge in [0.15, 0.2) is 16.7 Å². The van der Waals surface area contributed by atoms with Crippen LogP contribution in [-0.4, -0.2) is 47.1 Å². The Morgan fingerprint density at radius 3 is 2.72 bits per heavy atom. The number of thioether (sulfide) groups is 1. The summed E-state index contributed by atoms with van der Waals surface area (Å²) in [5.74, 6) is 1.66. The van der Waals surface area contributed by atoms with Crippen LogP contribution in [0.3, 0.4) is 0 Å². The van der Waals surface area contributed by atoms with E-state index in [2.05, 4.69) is 10.3 Å². The summed E-state index contributed by atoms with van der Waals surface area (Å²) in [6.45, 7) is 5.23. The van der Waals surface area contributed by atoms with Gasteiger partial charge in [-0.15, -0.1) is 0 Å². The van der Waals surface area contributed by atoms with Gasteiger partial charge in [-0.3, -0.25) is 14.5 Å². The molecule has 1 saturated heterocycles. The molecule has 0 spiro atoms. The summed E-state index contributed by atoms with van der Waals surface area (Å²) in [5, 5.41) is 2.81. The van der Waals surface area contributed by atoms with Gasteiger partial charge in [-0.2, -0.15) is 0 Å². The van der Waals surface area contributed by atoms with E-state index in [9.17, 15) is 9.59 Å². The van der Waals surface area contributed by atoms with E-state index in [4.69, 9.17) is 14.2 Å². The number of nitrogens with zero attached hydrogens (tertiary/aromatic N) is 2. The van der Waals surface area contributed by atoms with Crippen LogP contribution in [0.4, 0.5) is 11.4 Å². The molecule has 0 aliphatic carbocycles. The molecule has 2 heterocycles. The number of carbonyl (C=O) groups excluding carboxylic acids is 2. The van der Waals surface area contributed by atoms with Crippen molar-refractivity contribution in [2.45, 2.75) is 31.9 Å². The molecule has 0 radical (unpaired) electrons. The van der Waals surface area contributed by atoms with E-state index in [1.54, 1.807) is 35.2 Å². The van der Waals surface area contributed by atoms with Crippen molar-refractivity contribution in [3.8, 4) is 17.2 Å². The van der Waals surface area contributed by atoms with Gasteiger partial charge in [-0.25, -0.2) is 4.99 Å². The second-order valence-corrected chi connectivity index (χ2v) is 8.41. The van der Waals surface area contributed by atoms with Gasteiger partial charge < -0.3 is 19.5 Å². The van der Waals surface area contributed by atoms with Crippen LogP contribution in [0.25, 0.3) is 0 Å². The molecule has 2 aliphatic heterocycles. The lowest BCUT2D eigenvalue weighted by Crippen LogP contribution is -2.45. The first-order valence-corrected chi connectivity index (χ1v) is 11.4. The molecule has 0 aromatic heterocycles. The van der Waals surface area contributed by atoms with Crippen molar-refractivity contribution in [3.05, 3.63) is 42.5 Å². The standard InChI is InChI=1S/C23H25N3O5S/c1-3-11-29-17-8-5-15(6-9-17)24-22(28)20-13-21(27)26(4-2)23(32-20)25-16-7-10-18-19(12-16)31-14-30-18/h5-10,12,20H,3-4,11,13-14H2,1-2H3,(H,24,28). The monoisotopic (exact) mass is 455 g/mol. The topological polar surface area (TPSA) is 89.5 Å². The number of fused-ring (bicyclic) bond motifs is 1. The van der Waals surface area contributed by atoms with Crippen molar-refractivity contribution in [2.24, 2.45) is 4.99 Å². The number of rotatable bonds is 7. The molecule has 8 nitrogen and oxygen atoms in total. The zero-order valence-electron chi connectivity index (χ0n) is 18.0. The molecule has 32 heavy (non-hydrogen) atoms. The lowest BCUT2D eigenvalue weighted by Gasteiger charge is -2.30. The van der Waals surface area contributed by atoms with Crippen LogP contribution in [0.1, 0.15) is 26.7 Å². The van der Waals surface area contributed by atoms with Crippen molar-refractivity contribution in [1.82, 2.24) is 4.90 Å². The summed E-state index contributed by atoms with van der Waals surface area (Å²) in [6.07, 6.45) is 1.04. The molecule has 2 aromatic rings. The van der Waals surface area contributed by atoms with E-state index < -0.39 is 5.25 Å². The number of aliphatic imine (C=N–C) groups is 1. The van der Waals surface area contributed by atoms with Gasteiger partial charge in [0, 0.05) is 24.7 Å². The number of hydrogen-bond donors (Lipinski definition) is 1. The predicted octanol–water partition coefficient (Wildman–Crippen LogP) is 4.18. The van der Waals surface area contributed by atoms with Gasteiger partial charge in [-0.05, 0) is 49.7 Å².